The van der Waals surface area contributed by atoms with Crippen LogP contribution in [0.5, 0.6) is 5.75 Å². The van der Waals surface area contributed by atoms with E-state index in [-0.39, 0.29) is 21.7 Å². The van der Waals surface area contributed by atoms with Gasteiger partial charge in [-0.15, -0.1) is 10.2 Å². The number of rotatable bonds is 4. The highest BCUT2D eigenvalue weighted by Gasteiger charge is 2.22. The molecule has 4 aromatic rings. The highest BCUT2D eigenvalue weighted by Crippen LogP contribution is 2.42. The molecule has 9 nitrogen and oxygen atoms in total. The number of aryl methyl sites for hydroxylation is 1. The molecule has 0 fully saturated rings. The van der Waals surface area contributed by atoms with E-state index < -0.39 is 30.9 Å². The molecule has 0 aliphatic heterocycles. The largest absolute Gasteiger partial charge is 0.504 e. The van der Waals surface area contributed by atoms with Gasteiger partial charge in [-0.25, -0.2) is 0 Å². The lowest BCUT2D eigenvalue weighted by atomic mass is 10.1. The first-order valence-corrected chi connectivity index (χ1v) is 12.0. The average molecular weight is 473 g/mol. The molecule has 0 saturated carbocycles. The highest BCUT2D eigenvalue weighted by molar-refractivity contribution is 7.86. The van der Waals surface area contributed by atoms with Crippen molar-refractivity contribution in [2.24, 2.45) is 10.2 Å². The lowest BCUT2D eigenvalue weighted by Crippen LogP contribution is -1.99. The summed E-state index contributed by atoms with van der Waals surface area (Å²) in [4.78, 5) is -1.01. The molecule has 0 aliphatic carbocycles. The van der Waals surface area contributed by atoms with Crippen LogP contribution in [0.25, 0.3) is 21.5 Å². The fourth-order valence-corrected chi connectivity index (χ4v) is 4.75. The maximum atomic E-state index is 11.8. The summed E-state index contributed by atoms with van der Waals surface area (Å²) >= 11 is 0. The zero-order valence-electron chi connectivity index (χ0n) is 16.5. The predicted molar refractivity (Wildman–Crippen MR) is 118 cm³/mol. The molecule has 0 aromatic heterocycles. The van der Waals surface area contributed by atoms with Crippen LogP contribution in [0.2, 0.25) is 0 Å². The van der Waals surface area contributed by atoms with Crippen LogP contribution in [0.1, 0.15) is 5.56 Å². The molecule has 0 amide bonds. The number of phenolic OH excluding ortho intramolecular Hbond substituents is 1. The minimum absolute atomic E-state index is 0.182. The van der Waals surface area contributed by atoms with E-state index >= 15 is 0 Å². The number of azo groups is 1. The second-order valence-electron chi connectivity index (χ2n) is 7.08. The van der Waals surface area contributed by atoms with E-state index in [9.17, 15) is 31.0 Å². The lowest BCUT2D eigenvalue weighted by Gasteiger charge is -2.10. The van der Waals surface area contributed by atoms with Gasteiger partial charge in [-0.05, 0) is 30.5 Å². The molecule has 0 unspecified atom stereocenters. The van der Waals surface area contributed by atoms with E-state index in [1.807, 2.05) is 0 Å². The first-order valence-electron chi connectivity index (χ1n) is 9.11. The molecule has 0 spiro atoms. The first kappa shape index (κ1) is 21.8. The van der Waals surface area contributed by atoms with Gasteiger partial charge in [-0.2, -0.15) is 16.8 Å². The van der Waals surface area contributed by atoms with Crippen LogP contribution in [-0.2, 0) is 20.2 Å². The highest BCUT2D eigenvalue weighted by atomic mass is 32.2. The van der Waals surface area contributed by atoms with Crippen molar-refractivity contribution in [2.75, 3.05) is 0 Å². The van der Waals surface area contributed by atoms with Crippen LogP contribution in [0.4, 0.5) is 11.4 Å². The number of hydrogen-bond acceptors (Lipinski definition) is 7. The molecule has 0 saturated heterocycles. The second-order valence-corrected chi connectivity index (χ2v) is 9.85. The van der Waals surface area contributed by atoms with Gasteiger partial charge in [-0.1, -0.05) is 48.0 Å². The zero-order chi connectivity index (χ0) is 23.3. The molecule has 4 rings (SSSR count). The molecule has 0 heterocycles. The lowest BCUT2D eigenvalue weighted by molar-refractivity contribution is 0.445. The van der Waals surface area contributed by atoms with Gasteiger partial charge in [0.25, 0.3) is 20.2 Å². The van der Waals surface area contributed by atoms with Crippen LogP contribution < -0.4 is 0 Å². The van der Waals surface area contributed by atoms with Crippen LogP contribution in [0.3, 0.4) is 0 Å². The van der Waals surface area contributed by atoms with Crippen molar-refractivity contribution < 1.29 is 31.0 Å². The number of benzene rings is 4. The minimum Gasteiger partial charge on any atom is -0.504 e. The number of hydrogen-bond donors (Lipinski definition) is 3. The quantitative estimate of drug-likeness (QED) is 0.281. The zero-order valence-corrected chi connectivity index (χ0v) is 18.1. The molecule has 4 aromatic carbocycles. The fraction of sp³-hybridized carbons (Fsp3) is 0.0476. The monoisotopic (exact) mass is 472 g/mol. The second kappa shape index (κ2) is 7.64. The number of fused-ring (bicyclic) bond motifs is 2. The SMILES string of the molecule is Cc1ccc2c(N=Nc3ccc(S(=O)(=O)O)c4ccccc34)c(O)c(S(=O)(=O)O)cc2c1. The van der Waals surface area contributed by atoms with Crippen LogP contribution >= 0.6 is 0 Å². The number of phenols is 1. The number of nitrogens with zero attached hydrogens (tertiary/aromatic N) is 2. The topological polar surface area (TPSA) is 154 Å². The third-order valence-electron chi connectivity index (χ3n) is 4.88. The van der Waals surface area contributed by atoms with Gasteiger partial charge in [0.15, 0.2) is 5.75 Å². The Kier molecular flexibility index (Phi) is 5.21. The molecule has 0 radical (unpaired) electrons. The maximum Gasteiger partial charge on any atom is 0.298 e. The van der Waals surface area contributed by atoms with Gasteiger partial charge >= 0.3 is 0 Å². The molecule has 11 heteroatoms. The van der Waals surface area contributed by atoms with E-state index in [4.69, 9.17) is 0 Å². The Morgan fingerprint density at radius 2 is 1.38 bits per heavy atom. The van der Waals surface area contributed by atoms with Crippen molar-refractivity contribution in [3.8, 4) is 5.75 Å². The van der Waals surface area contributed by atoms with E-state index in [2.05, 4.69) is 10.2 Å². The Balaban J connectivity index is 1.98. The van der Waals surface area contributed by atoms with Gasteiger partial charge in [0.1, 0.15) is 15.5 Å². The fourth-order valence-electron chi connectivity index (χ4n) is 3.44. The molecule has 164 valence electrons. The van der Waals surface area contributed by atoms with E-state index in [1.165, 1.54) is 18.2 Å². The molecule has 0 bridgehead atoms. The Labute approximate surface area is 183 Å². The Hall–Kier alpha value is -3.38. The van der Waals surface area contributed by atoms with Gasteiger partial charge in [0, 0.05) is 16.2 Å². The summed E-state index contributed by atoms with van der Waals surface area (Å²) in [5.41, 5.74) is 0.849. The summed E-state index contributed by atoms with van der Waals surface area (Å²) in [6, 6.07) is 15.0. The van der Waals surface area contributed by atoms with Crippen molar-refractivity contribution in [1.82, 2.24) is 0 Å². The molecule has 3 N–H and O–H groups in total. The van der Waals surface area contributed by atoms with Gasteiger partial charge in [0.05, 0.1) is 5.69 Å². The molecule has 32 heavy (non-hydrogen) atoms. The van der Waals surface area contributed by atoms with Crippen molar-refractivity contribution in [3.05, 3.63) is 66.2 Å². The minimum atomic E-state index is -4.75. The Morgan fingerprint density at radius 1 is 0.719 bits per heavy atom. The Bertz CT molecular complexity index is 1640. The first-order chi connectivity index (χ1) is 15.0. The molecule has 0 aliphatic rings. The van der Waals surface area contributed by atoms with Crippen LogP contribution in [0, 0.1) is 6.92 Å². The summed E-state index contributed by atoms with van der Waals surface area (Å²) in [5, 5.41) is 20.0. The van der Waals surface area contributed by atoms with Gasteiger partial charge < -0.3 is 5.11 Å². The number of aromatic hydroxyl groups is 1. The van der Waals surface area contributed by atoms with E-state index in [0.29, 0.717) is 16.2 Å². The summed E-state index contributed by atoms with van der Waals surface area (Å²) in [7, 11) is -9.23. The van der Waals surface area contributed by atoms with E-state index in [0.717, 1.165) is 11.6 Å². The summed E-state index contributed by atoms with van der Waals surface area (Å²) in [6.07, 6.45) is 0. The summed E-state index contributed by atoms with van der Waals surface area (Å²) in [6.45, 7) is 1.80. The summed E-state index contributed by atoms with van der Waals surface area (Å²) in [5.74, 6) is -0.772. The molecular weight excluding hydrogens is 456 g/mol. The van der Waals surface area contributed by atoms with Crippen LogP contribution in [0.15, 0.2) is 80.7 Å². The molecular formula is C21H16N2O7S2. The maximum absolute atomic E-state index is 11.8. The molecule has 0 atom stereocenters. The van der Waals surface area contributed by atoms with Gasteiger partial charge in [-0.3, -0.25) is 9.11 Å². The van der Waals surface area contributed by atoms with Crippen molar-refractivity contribution in [3.63, 3.8) is 0 Å². The van der Waals surface area contributed by atoms with E-state index in [1.54, 1.807) is 43.3 Å². The standard InChI is InChI=1S/C21H16N2O7S2/c1-12-6-7-14-13(10-12)11-19(32(28,29)30)21(24)20(14)23-22-17-8-9-18(31(25,26)27)16-5-3-2-4-15(16)17/h2-11,24H,1H3,(H,25,26,27)(H,28,29,30). The average Bonchev–Trinajstić information content (AvgIpc) is 2.71. The predicted octanol–water partition coefficient (Wildman–Crippen LogP) is 4.92. The normalized spacial score (nSPS) is 12.7. The Morgan fingerprint density at radius 3 is 2.03 bits per heavy atom. The van der Waals surface area contributed by atoms with Crippen molar-refractivity contribution >= 4 is 53.2 Å². The smallest absolute Gasteiger partial charge is 0.298 e. The third kappa shape index (κ3) is 3.94. The summed E-state index contributed by atoms with van der Waals surface area (Å²) < 4.78 is 65.9. The van der Waals surface area contributed by atoms with Crippen molar-refractivity contribution in [2.45, 2.75) is 16.7 Å². The third-order valence-corrected chi connectivity index (χ3v) is 6.66. The van der Waals surface area contributed by atoms with Crippen molar-refractivity contribution in [1.29, 1.82) is 0 Å². The van der Waals surface area contributed by atoms with Gasteiger partial charge in [0.2, 0.25) is 0 Å². The van der Waals surface area contributed by atoms with Crippen LogP contribution in [-0.4, -0.2) is 31.0 Å².